The van der Waals surface area contributed by atoms with Crippen LogP contribution in [0.5, 0.6) is 0 Å². The molecule has 0 N–H and O–H groups in total. The largest absolute Gasteiger partial charge is 0.462 e. The Morgan fingerprint density at radius 1 is 0.313 bits per heavy atom. The molecule has 0 radical (unpaired) electrons. The molecule has 1 atom stereocenters. The van der Waals surface area contributed by atoms with Gasteiger partial charge in [-0.05, 0) is 89.9 Å². The molecule has 67 heavy (non-hydrogen) atoms. The van der Waals surface area contributed by atoms with E-state index in [-0.39, 0.29) is 44.4 Å². The Labute approximate surface area is 407 Å². The molecule has 0 aromatic carbocycles. The average Bonchev–Trinajstić information content (AvgIpc) is 3.33. The molecule has 0 bridgehead atoms. The molecule has 0 amide bonds. The van der Waals surface area contributed by atoms with Gasteiger partial charge in [-0.3, -0.25) is 14.4 Å². The molecular weight excluding hydrogens is 829 g/mol. The van der Waals surface area contributed by atoms with E-state index in [2.05, 4.69) is 99.8 Å². The van der Waals surface area contributed by atoms with Gasteiger partial charge in [0.05, 0.1) is 0 Å². The summed E-state index contributed by atoms with van der Waals surface area (Å²) in [5.41, 5.74) is 0. The topological polar surface area (TPSA) is 78.9 Å². The first-order valence-electron chi connectivity index (χ1n) is 24.8. The lowest BCUT2D eigenvalue weighted by molar-refractivity contribution is -0.167. The summed E-state index contributed by atoms with van der Waals surface area (Å²) in [6, 6.07) is 0. The number of allylic oxidation sites excluding steroid dienone is 34. The summed E-state index contributed by atoms with van der Waals surface area (Å²) >= 11 is 0. The van der Waals surface area contributed by atoms with E-state index in [0.29, 0.717) is 19.3 Å². The van der Waals surface area contributed by atoms with Crippen molar-refractivity contribution in [1.29, 1.82) is 0 Å². The summed E-state index contributed by atoms with van der Waals surface area (Å²) < 4.78 is 16.6. The van der Waals surface area contributed by atoms with Crippen molar-refractivity contribution in [1.82, 2.24) is 0 Å². The summed E-state index contributed by atoms with van der Waals surface area (Å²) in [4.78, 5) is 37.9. The van der Waals surface area contributed by atoms with Crippen molar-refractivity contribution in [2.24, 2.45) is 0 Å². The zero-order valence-corrected chi connectivity index (χ0v) is 41.3. The maximum Gasteiger partial charge on any atom is 0.306 e. The molecule has 0 rings (SSSR count). The number of esters is 3. The molecule has 364 valence electrons. The van der Waals surface area contributed by atoms with E-state index in [1.54, 1.807) is 0 Å². The van der Waals surface area contributed by atoms with Crippen LogP contribution in [-0.2, 0) is 28.6 Å². The van der Waals surface area contributed by atoms with Crippen LogP contribution in [0.4, 0.5) is 0 Å². The van der Waals surface area contributed by atoms with Crippen molar-refractivity contribution in [3.05, 3.63) is 207 Å². The monoisotopic (exact) mass is 913 g/mol. The molecule has 1 unspecified atom stereocenters. The van der Waals surface area contributed by atoms with Crippen molar-refractivity contribution in [3.8, 4) is 0 Å². The van der Waals surface area contributed by atoms with Gasteiger partial charge in [0.25, 0.3) is 0 Å². The number of rotatable bonds is 40. The lowest BCUT2D eigenvalue weighted by Gasteiger charge is -2.18. The number of hydrogen-bond donors (Lipinski definition) is 0. The van der Waals surface area contributed by atoms with Crippen LogP contribution in [0.25, 0.3) is 0 Å². The normalized spacial score (nSPS) is 13.9. The zero-order chi connectivity index (χ0) is 48.6. The van der Waals surface area contributed by atoms with Crippen LogP contribution in [0.2, 0.25) is 0 Å². The summed E-state index contributed by atoms with van der Waals surface area (Å²) in [5.74, 6) is -1.16. The molecular formula is C61H84O6. The number of carbonyl (C=O) groups is 3. The fourth-order valence-electron chi connectivity index (χ4n) is 5.49. The summed E-state index contributed by atoms with van der Waals surface area (Å²) in [6.45, 7) is 6.03. The van der Waals surface area contributed by atoms with Crippen LogP contribution in [0.3, 0.4) is 0 Å². The van der Waals surface area contributed by atoms with Crippen LogP contribution < -0.4 is 0 Å². The van der Waals surface area contributed by atoms with E-state index in [4.69, 9.17) is 14.2 Å². The van der Waals surface area contributed by atoms with E-state index in [1.165, 1.54) is 0 Å². The summed E-state index contributed by atoms with van der Waals surface area (Å²) in [7, 11) is 0. The molecule has 0 aliphatic heterocycles. The maximum atomic E-state index is 12.8. The molecule has 0 spiro atoms. The maximum absolute atomic E-state index is 12.8. The second kappa shape index (κ2) is 52.6. The highest BCUT2D eigenvalue weighted by Crippen LogP contribution is 2.09. The van der Waals surface area contributed by atoms with Crippen molar-refractivity contribution < 1.29 is 28.6 Å². The minimum Gasteiger partial charge on any atom is -0.462 e. The van der Waals surface area contributed by atoms with E-state index in [9.17, 15) is 14.4 Å². The first-order valence-corrected chi connectivity index (χ1v) is 24.8. The average molecular weight is 913 g/mol. The van der Waals surface area contributed by atoms with Gasteiger partial charge in [0.2, 0.25) is 0 Å². The van der Waals surface area contributed by atoms with Gasteiger partial charge in [-0.15, -0.1) is 0 Å². The Hall–Kier alpha value is -6.01. The van der Waals surface area contributed by atoms with Gasteiger partial charge in [-0.2, -0.15) is 0 Å². The van der Waals surface area contributed by atoms with Gasteiger partial charge < -0.3 is 14.2 Å². The van der Waals surface area contributed by atoms with Gasteiger partial charge >= 0.3 is 17.9 Å². The predicted octanol–water partition coefficient (Wildman–Crippen LogP) is 16.5. The standard InChI is InChI=1S/C61H84O6/c1-4-7-10-13-16-19-22-25-27-29-30-32-33-36-39-42-45-48-51-54-60(63)66-57-58(56-65-59(62)53-50-47-44-41-38-35-24-21-18-15-12-9-6-3)67-61(64)55-52-49-46-43-40-37-34-31-28-26-23-20-17-14-11-8-5-2/h7-13,15-22,24-30,32-39,41,43-44,46,58H,4-6,14,23,31,40,42,45,47-57H2,1-3H3/b10-7+,11-8+,12-9+,16-13+,18-15+,20-17+,22-19+,24-21+,27-25+,28-26+,30-29+,33-32+,37-34+,38-35+,39-36+,44-41+,46-43+. The number of ether oxygens (including phenoxy) is 3. The highest BCUT2D eigenvalue weighted by atomic mass is 16.6. The molecule has 0 aromatic rings. The Balaban J connectivity index is 4.74. The lowest BCUT2D eigenvalue weighted by atomic mass is 10.1. The van der Waals surface area contributed by atoms with Crippen LogP contribution >= 0.6 is 0 Å². The lowest BCUT2D eigenvalue weighted by Crippen LogP contribution is -2.30. The first kappa shape index (κ1) is 61.0. The Morgan fingerprint density at radius 2 is 0.627 bits per heavy atom. The molecule has 0 aromatic heterocycles. The van der Waals surface area contributed by atoms with Crippen molar-refractivity contribution in [2.45, 2.75) is 142 Å². The number of unbranched alkanes of at least 4 members (excludes halogenated alkanes) is 5. The smallest absolute Gasteiger partial charge is 0.306 e. The summed E-state index contributed by atoms with van der Waals surface area (Å²) in [5, 5.41) is 0. The number of carbonyl (C=O) groups excluding carboxylic acids is 3. The van der Waals surface area contributed by atoms with Crippen LogP contribution in [-0.4, -0.2) is 37.2 Å². The fourth-order valence-corrected chi connectivity index (χ4v) is 5.49. The summed E-state index contributed by atoms with van der Waals surface area (Å²) in [6.07, 6.45) is 82.4. The Bertz CT molecular complexity index is 1760. The fraction of sp³-hybridized carbons (Fsp3) is 0.393. The molecule has 6 heteroatoms. The molecule has 0 aliphatic carbocycles. The van der Waals surface area contributed by atoms with Crippen LogP contribution in [0.15, 0.2) is 207 Å². The second-order valence-electron chi connectivity index (χ2n) is 15.2. The third kappa shape index (κ3) is 50.8. The third-order valence-electron chi connectivity index (χ3n) is 9.09. The minimum absolute atomic E-state index is 0.161. The van der Waals surface area contributed by atoms with Crippen LogP contribution in [0.1, 0.15) is 136 Å². The molecule has 0 fully saturated rings. The highest BCUT2D eigenvalue weighted by molar-refractivity contribution is 5.71. The van der Waals surface area contributed by atoms with Crippen LogP contribution in [0, 0.1) is 0 Å². The molecule has 0 saturated carbocycles. The highest BCUT2D eigenvalue weighted by Gasteiger charge is 2.19. The molecule has 0 heterocycles. The van der Waals surface area contributed by atoms with Crippen molar-refractivity contribution in [3.63, 3.8) is 0 Å². The SMILES string of the molecule is CC/C=C/C=C/C=C/C=C/C=C/C=C/C=C/CCCCCC(=O)OCC(COC(=O)CCC/C=C/C=C/C=C/C=C/C=C/CC)OC(=O)CCC/C=C/C/C=C/C/C=C/C/C=C/C/C=C/CC. The van der Waals surface area contributed by atoms with E-state index in [0.717, 1.165) is 77.0 Å². The van der Waals surface area contributed by atoms with E-state index < -0.39 is 12.1 Å². The first-order chi connectivity index (χ1) is 33.0. The van der Waals surface area contributed by atoms with E-state index >= 15 is 0 Å². The van der Waals surface area contributed by atoms with Gasteiger partial charge in [0.15, 0.2) is 6.10 Å². The van der Waals surface area contributed by atoms with Gasteiger partial charge in [-0.1, -0.05) is 234 Å². The van der Waals surface area contributed by atoms with Gasteiger partial charge in [0, 0.05) is 19.3 Å². The quantitative estimate of drug-likeness (QED) is 0.0200. The Kier molecular flexibility index (Phi) is 47.9. The zero-order valence-electron chi connectivity index (χ0n) is 41.3. The van der Waals surface area contributed by atoms with E-state index in [1.807, 2.05) is 128 Å². The second-order valence-corrected chi connectivity index (χ2v) is 15.2. The van der Waals surface area contributed by atoms with Crippen molar-refractivity contribution >= 4 is 17.9 Å². The minimum atomic E-state index is -0.869. The van der Waals surface area contributed by atoms with Gasteiger partial charge in [0.1, 0.15) is 13.2 Å². The van der Waals surface area contributed by atoms with Gasteiger partial charge in [-0.25, -0.2) is 0 Å². The third-order valence-corrected chi connectivity index (χ3v) is 9.09. The number of hydrogen-bond acceptors (Lipinski definition) is 6. The molecule has 6 nitrogen and oxygen atoms in total. The Morgan fingerprint density at radius 3 is 1.04 bits per heavy atom. The molecule has 0 aliphatic rings. The molecule has 0 saturated heterocycles. The van der Waals surface area contributed by atoms with Crippen molar-refractivity contribution in [2.75, 3.05) is 13.2 Å². The predicted molar refractivity (Wildman–Crippen MR) is 287 cm³/mol.